The van der Waals surface area contributed by atoms with Crippen LogP contribution in [0.15, 0.2) is 23.6 Å². The van der Waals surface area contributed by atoms with Gasteiger partial charge in [0.15, 0.2) is 5.82 Å². The molecule has 15 heavy (non-hydrogen) atoms. The van der Waals surface area contributed by atoms with Gasteiger partial charge in [-0.1, -0.05) is 0 Å². The summed E-state index contributed by atoms with van der Waals surface area (Å²) >= 11 is 1.57. The number of hydrogen-bond donors (Lipinski definition) is 1. The van der Waals surface area contributed by atoms with Crippen molar-refractivity contribution in [1.82, 2.24) is 19.7 Å². The molecule has 78 valence electrons. The van der Waals surface area contributed by atoms with Gasteiger partial charge < -0.3 is 5.73 Å². The second kappa shape index (κ2) is 3.90. The first-order valence-electron chi connectivity index (χ1n) is 4.39. The Kier molecular flexibility index (Phi) is 2.59. The summed E-state index contributed by atoms with van der Waals surface area (Å²) in [5.74, 6) is 1.26. The van der Waals surface area contributed by atoms with Gasteiger partial charge in [-0.2, -0.15) is 0 Å². The molecule has 0 amide bonds. The van der Waals surface area contributed by atoms with E-state index in [1.54, 1.807) is 16.4 Å². The summed E-state index contributed by atoms with van der Waals surface area (Å²) in [6.45, 7) is 1.91. The standard InChI is InChI=1S/C9H11N5S/c1-6-4-14(13-9(6)10)7-3-8(15-2)12-5-11-7/h3-5H,1-2H3,(H2,10,13). The van der Waals surface area contributed by atoms with Gasteiger partial charge in [-0.15, -0.1) is 16.9 Å². The fourth-order valence-corrected chi connectivity index (χ4v) is 1.53. The fraction of sp³-hybridized carbons (Fsp3) is 0.222. The van der Waals surface area contributed by atoms with Crippen LogP contribution in [-0.2, 0) is 0 Å². The molecule has 0 bridgehead atoms. The van der Waals surface area contributed by atoms with Crippen molar-refractivity contribution < 1.29 is 0 Å². The largest absolute Gasteiger partial charge is 0.382 e. The summed E-state index contributed by atoms with van der Waals surface area (Å²) in [6.07, 6.45) is 5.34. The lowest BCUT2D eigenvalue weighted by Crippen LogP contribution is -1.99. The van der Waals surface area contributed by atoms with Crippen LogP contribution >= 0.6 is 11.8 Å². The van der Waals surface area contributed by atoms with E-state index in [0.29, 0.717) is 5.82 Å². The van der Waals surface area contributed by atoms with Crippen LogP contribution < -0.4 is 5.73 Å². The molecule has 2 rings (SSSR count). The van der Waals surface area contributed by atoms with Crippen molar-refractivity contribution in [2.24, 2.45) is 0 Å². The molecule has 0 atom stereocenters. The first-order chi connectivity index (χ1) is 7.20. The summed E-state index contributed by atoms with van der Waals surface area (Å²) in [5.41, 5.74) is 6.61. The summed E-state index contributed by atoms with van der Waals surface area (Å²) in [5, 5.41) is 5.06. The molecule has 0 radical (unpaired) electrons. The maximum Gasteiger partial charge on any atom is 0.157 e. The third-order valence-electron chi connectivity index (χ3n) is 2.01. The van der Waals surface area contributed by atoms with E-state index < -0.39 is 0 Å². The normalized spacial score (nSPS) is 10.5. The molecular weight excluding hydrogens is 210 g/mol. The topological polar surface area (TPSA) is 69.6 Å². The Morgan fingerprint density at radius 3 is 2.80 bits per heavy atom. The van der Waals surface area contributed by atoms with Crippen molar-refractivity contribution in [2.45, 2.75) is 11.9 Å². The maximum absolute atomic E-state index is 5.67. The summed E-state index contributed by atoms with van der Waals surface area (Å²) < 4.78 is 1.66. The molecule has 6 heteroatoms. The first kappa shape index (κ1) is 9.97. The quantitative estimate of drug-likeness (QED) is 0.611. The second-order valence-corrected chi connectivity index (χ2v) is 3.89. The average molecular weight is 221 g/mol. The van der Waals surface area contributed by atoms with E-state index in [9.17, 15) is 0 Å². The van der Waals surface area contributed by atoms with E-state index in [1.807, 2.05) is 25.4 Å². The van der Waals surface area contributed by atoms with Crippen molar-refractivity contribution in [3.05, 3.63) is 24.2 Å². The molecule has 0 saturated carbocycles. The molecule has 2 aromatic rings. The van der Waals surface area contributed by atoms with E-state index in [4.69, 9.17) is 5.73 Å². The van der Waals surface area contributed by atoms with Gasteiger partial charge in [0.05, 0.1) is 0 Å². The van der Waals surface area contributed by atoms with Crippen molar-refractivity contribution >= 4 is 17.6 Å². The average Bonchev–Trinajstić information content (AvgIpc) is 2.59. The van der Waals surface area contributed by atoms with Gasteiger partial charge in [0.1, 0.15) is 17.2 Å². The molecule has 0 aliphatic carbocycles. The number of hydrogen-bond acceptors (Lipinski definition) is 5. The Balaban J connectivity index is 2.44. The van der Waals surface area contributed by atoms with E-state index in [-0.39, 0.29) is 0 Å². The van der Waals surface area contributed by atoms with Crippen LogP contribution in [0.3, 0.4) is 0 Å². The Hall–Kier alpha value is -1.56. The lowest BCUT2D eigenvalue weighted by molar-refractivity contribution is 0.830. The van der Waals surface area contributed by atoms with Crippen LogP contribution in [0, 0.1) is 6.92 Å². The van der Waals surface area contributed by atoms with E-state index in [1.165, 1.54) is 6.33 Å². The summed E-state index contributed by atoms with van der Waals surface area (Å²) in [4.78, 5) is 8.22. The van der Waals surface area contributed by atoms with Gasteiger partial charge in [0, 0.05) is 17.8 Å². The van der Waals surface area contributed by atoms with Crippen molar-refractivity contribution in [2.75, 3.05) is 12.0 Å². The van der Waals surface area contributed by atoms with Crippen LogP contribution in [0.25, 0.3) is 5.82 Å². The molecule has 0 fully saturated rings. The summed E-state index contributed by atoms with van der Waals surface area (Å²) in [6, 6.07) is 1.87. The minimum Gasteiger partial charge on any atom is -0.382 e. The van der Waals surface area contributed by atoms with Gasteiger partial charge in [-0.05, 0) is 13.2 Å². The van der Waals surface area contributed by atoms with Crippen LogP contribution in [0.2, 0.25) is 0 Å². The minimum absolute atomic E-state index is 0.527. The molecule has 0 aromatic carbocycles. The zero-order valence-corrected chi connectivity index (χ0v) is 9.32. The third kappa shape index (κ3) is 1.94. The lowest BCUT2D eigenvalue weighted by atomic mass is 10.4. The van der Waals surface area contributed by atoms with E-state index >= 15 is 0 Å². The molecular formula is C9H11N5S. The SMILES string of the molecule is CSc1cc(-n2cc(C)c(N)n2)ncn1. The first-order valence-corrected chi connectivity index (χ1v) is 5.61. The van der Waals surface area contributed by atoms with Crippen molar-refractivity contribution in [1.29, 1.82) is 0 Å². The lowest BCUT2D eigenvalue weighted by Gasteiger charge is -2.00. The Bertz CT molecular complexity index is 460. The highest BCUT2D eigenvalue weighted by molar-refractivity contribution is 7.98. The second-order valence-electron chi connectivity index (χ2n) is 3.06. The van der Waals surface area contributed by atoms with Gasteiger partial charge >= 0.3 is 0 Å². The van der Waals surface area contributed by atoms with Gasteiger partial charge in [0.2, 0.25) is 0 Å². The highest BCUT2D eigenvalue weighted by atomic mass is 32.2. The van der Waals surface area contributed by atoms with E-state index in [0.717, 1.165) is 16.4 Å². The number of aromatic nitrogens is 4. The number of aryl methyl sites for hydroxylation is 1. The number of thioether (sulfide) groups is 1. The van der Waals surface area contributed by atoms with E-state index in [2.05, 4.69) is 15.1 Å². The monoisotopic (exact) mass is 221 g/mol. The molecule has 2 N–H and O–H groups in total. The Morgan fingerprint density at radius 2 is 2.20 bits per heavy atom. The third-order valence-corrected chi connectivity index (χ3v) is 2.65. The molecule has 2 heterocycles. The fourth-order valence-electron chi connectivity index (χ4n) is 1.16. The minimum atomic E-state index is 0.527. The Morgan fingerprint density at radius 1 is 1.40 bits per heavy atom. The van der Waals surface area contributed by atoms with Crippen LogP contribution in [0.1, 0.15) is 5.56 Å². The van der Waals surface area contributed by atoms with Gasteiger partial charge in [-0.25, -0.2) is 14.6 Å². The smallest absolute Gasteiger partial charge is 0.157 e. The molecule has 0 aliphatic heterocycles. The molecule has 0 unspecified atom stereocenters. The summed E-state index contributed by atoms with van der Waals surface area (Å²) in [7, 11) is 0. The van der Waals surface area contributed by atoms with Gasteiger partial charge in [0.25, 0.3) is 0 Å². The highest BCUT2D eigenvalue weighted by Crippen LogP contribution is 2.15. The zero-order valence-electron chi connectivity index (χ0n) is 8.51. The number of rotatable bonds is 2. The van der Waals surface area contributed by atoms with Crippen LogP contribution in [0.4, 0.5) is 5.82 Å². The molecule has 0 aliphatic rings. The molecule has 0 saturated heterocycles. The van der Waals surface area contributed by atoms with Gasteiger partial charge in [-0.3, -0.25) is 0 Å². The molecule has 0 spiro atoms. The Labute approximate surface area is 91.7 Å². The predicted octanol–water partition coefficient (Wildman–Crippen LogP) is 1.27. The zero-order chi connectivity index (χ0) is 10.8. The van der Waals surface area contributed by atoms with Crippen molar-refractivity contribution in [3.63, 3.8) is 0 Å². The molecule has 5 nitrogen and oxygen atoms in total. The highest BCUT2D eigenvalue weighted by Gasteiger charge is 2.04. The predicted molar refractivity (Wildman–Crippen MR) is 60.1 cm³/mol. The molecule has 2 aromatic heterocycles. The van der Waals surface area contributed by atoms with Crippen LogP contribution in [0.5, 0.6) is 0 Å². The number of nitrogens with zero attached hydrogens (tertiary/aromatic N) is 4. The number of nitrogen functional groups attached to an aromatic ring is 1. The van der Waals surface area contributed by atoms with Crippen LogP contribution in [-0.4, -0.2) is 26.0 Å². The number of anilines is 1. The maximum atomic E-state index is 5.67. The number of nitrogens with two attached hydrogens (primary N) is 1. The van der Waals surface area contributed by atoms with Crippen molar-refractivity contribution in [3.8, 4) is 5.82 Å².